The molecule has 0 aliphatic carbocycles. The Hall–Kier alpha value is -1.36. The second-order valence-corrected chi connectivity index (χ2v) is 4.11. The van der Waals surface area contributed by atoms with Crippen molar-refractivity contribution in [1.29, 1.82) is 0 Å². The number of aliphatic carboxylic acids is 1. The van der Waals surface area contributed by atoms with Crippen LogP contribution in [0.2, 0.25) is 0 Å². The fraction of sp³-hybridized carbons (Fsp3) is 0.200. The lowest BCUT2D eigenvalue weighted by molar-refractivity contribution is -0.138. The van der Waals surface area contributed by atoms with E-state index in [9.17, 15) is 4.79 Å². The Labute approximate surface area is 94.0 Å². The molecule has 0 bridgehead atoms. The first-order chi connectivity index (χ1) is 7.09. The second kappa shape index (κ2) is 3.66. The van der Waals surface area contributed by atoms with E-state index in [0.717, 1.165) is 4.47 Å². The van der Waals surface area contributed by atoms with Crippen LogP contribution in [0.4, 0.5) is 0 Å². The number of oxazole rings is 1. The molecular weight excluding hydrogens is 262 g/mol. The van der Waals surface area contributed by atoms with Crippen molar-refractivity contribution in [2.75, 3.05) is 0 Å². The molecule has 0 radical (unpaired) electrons. The summed E-state index contributed by atoms with van der Waals surface area (Å²) >= 11 is 3.32. The van der Waals surface area contributed by atoms with Crippen molar-refractivity contribution in [3.63, 3.8) is 0 Å². The third-order valence-electron chi connectivity index (χ3n) is 2.29. The van der Waals surface area contributed by atoms with Crippen molar-refractivity contribution < 1.29 is 14.3 Å². The molecule has 0 aliphatic rings. The van der Waals surface area contributed by atoms with Gasteiger partial charge < -0.3 is 9.52 Å². The highest BCUT2D eigenvalue weighted by molar-refractivity contribution is 9.10. The third-order valence-corrected chi connectivity index (χ3v) is 2.97. The van der Waals surface area contributed by atoms with Crippen LogP contribution in [0.3, 0.4) is 0 Å². The lowest BCUT2D eigenvalue weighted by Crippen LogP contribution is -2.07. The molecule has 4 nitrogen and oxygen atoms in total. The summed E-state index contributed by atoms with van der Waals surface area (Å²) in [6.45, 7) is 1.63. The number of aromatic nitrogens is 1. The van der Waals surface area contributed by atoms with E-state index >= 15 is 0 Å². The zero-order valence-electron chi connectivity index (χ0n) is 7.90. The van der Waals surface area contributed by atoms with E-state index < -0.39 is 11.9 Å². The van der Waals surface area contributed by atoms with Gasteiger partial charge in [-0.3, -0.25) is 4.79 Å². The number of carbonyl (C=O) groups is 1. The van der Waals surface area contributed by atoms with E-state index in [0.29, 0.717) is 16.7 Å². The molecule has 2 rings (SSSR count). The predicted molar refractivity (Wildman–Crippen MR) is 57.8 cm³/mol. The number of nitrogens with zero attached hydrogens (tertiary/aromatic N) is 1. The lowest BCUT2D eigenvalue weighted by Gasteiger charge is -2.08. The van der Waals surface area contributed by atoms with Gasteiger partial charge in [-0.05, 0) is 24.6 Å². The molecular formula is C10H8BrNO3. The van der Waals surface area contributed by atoms with Crippen LogP contribution in [0, 0.1) is 0 Å². The molecule has 1 atom stereocenters. The molecule has 0 amide bonds. The molecule has 2 aromatic rings. The molecule has 1 aromatic heterocycles. The Kier molecular flexibility index (Phi) is 2.48. The minimum Gasteiger partial charge on any atom is -0.481 e. The molecule has 0 fully saturated rings. The molecule has 15 heavy (non-hydrogen) atoms. The van der Waals surface area contributed by atoms with Crippen molar-refractivity contribution in [2.45, 2.75) is 12.8 Å². The van der Waals surface area contributed by atoms with Crippen molar-refractivity contribution in [3.05, 3.63) is 28.6 Å². The summed E-state index contributed by atoms with van der Waals surface area (Å²) in [6.07, 6.45) is 1.34. The van der Waals surface area contributed by atoms with Gasteiger partial charge in [0.25, 0.3) is 0 Å². The Balaban J connectivity index is 2.59. The van der Waals surface area contributed by atoms with E-state index in [2.05, 4.69) is 20.9 Å². The number of carboxylic acids is 1. The van der Waals surface area contributed by atoms with E-state index in [1.165, 1.54) is 6.39 Å². The second-order valence-electron chi connectivity index (χ2n) is 3.25. The Bertz CT molecular complexity index is 520. The molecule has 0 spiro atoms. The molecule has 5 heteroatoms. The number of fused-ring (bicyclic) bond motifs is 1. The summed E-state index contributed by atoms with van der Waals surface area (Å²) in [5.74, 6) is -1.43. The smallest absolute Gasteiger partial charge is 0.310 e. The average Bonchev–Trinajstić information content (AvgIpc) is 2.62. The maximum absolute atomic E-state index is 10.9. The molecule has 1 heterocycles. The first kappa shape index (κ1) is 10.2. The molecule has 1 N–H and O–H groups in total. The zero-order chi connectivity index (χ0) is 11.0. The summed E-state index contributed by atoms with van der Waals surface area (Å²) in [5.41, 5.74) is 2.01. The maximum Gasteiger partial charge on any atom is 0.310 e. The number of hydrogen-bond donors (Lipinski definition) is 1. The highest BCUT2D eigenvalue weighted by Crippen LogP contribution is 2.29. The monoisotopic (exact) mass is 269 g/mol. The van der Waals surface area contributed by atoms with Gasteiger partial charge in [-0.1, -0.05) is 15.9 Å². The van der Waals surface area contributed by atoms with Crippen molar-refractivity contribution in [1.82, 2.24) is 4.98 Å². The molecule has 78 valence electrons. The molecule has 0 saturated carbocycles. The molecule has 0 aliphatic heterocycles. The van der Waals surface area contributed by atoms with Crippen LogP contribution >= 0.6 is 15.9 Å². The summed E-state index contributed by atoms with van der Waals surface area (Å²) in [7, 11) is 0. The van der Waals surface area contributed by atoms with Gasteiger partial charge in [0.2, 0.25) is 0 Å². The number of halogens is 1. The number of hydrogen-bond acceptors (Lipinski definition) is 3. The maximum atomic E-state index is 10.9. The topological polar surface area (TPSA) is 63.3 Å². The van der Waals surface area contributed by atoms with E-state index in [1.54, 1.807) is 19.1 Å². The van der Waals surface area contributed by atoms with Gasteiger partial charge in [0.1, 0.15) is 5.52 Å². The van der Waals surface area contributed by atoms with Gasteiger partial charge in [0.05, 0.1) is 5.92 Å². The van der Waals surface area contributed by atoms with Crippen LogP contribution in [-0.4, -0.2) is 16.1 Å². The third kappa shape index (κ3) is 1.74. The molecule has 1 unspecified atom stereocenters. The number of rotatable bonds is 2. The normalized spacial score (nSPS) is 12.9. The van der Waals surface area contributed by atoms with E-state index in [1.807, 2.05) is 0 Å². The van der Waals surface area contributed by atoms with Crippen molar-refractivity contribution in [2.24, 2.45) is 0 Å². The fourth-order valence-electron chi connectivity index (χ4n) is 1.36. The summed E-state index contributed by atoms with van der Waals surface area (Å²) in [5, 5.41) is 8.92. The van der Waals surface area contributed by atoms with Gasteiger partial charge in [-0.15, -0.1) is 0 Å². The highest BCUT2D eigenvalue weighted by Gasteiger charge is 2.18. The minimum atomic E-state index is -0.862. The van der Waals surface area contributed by atoms with Crippen LogP contribution in [0.25, 0.3) is 11.1 Å². The zero-order valence-corrected chi connectivity index (χ0v) is 9.48. The average molecular weight is 270 g/mol. The van der Waals surface area contributed by atoms with Gasteiger partial charge >= 0.3 is 5.97 Å². The lowest BCUT2D eigenvalue weighted by atomic mass is 10.0. The first-order valence-corrected chi connectivity index (χ1v) is 5.14. The van der Waals surface area contributed by atoms with Crippen LogP contribution in [0.1, 0.15) is 18.4 Å². The highest BCUT2D eigenvalue weighted by atomic mass is 79.9. The SMILES string of the molecule is CC(C(=O)O)c1cc2ncoc2cc1Br. The number of carboxylic acid groups (broad SMARTS) is 1. The van der Waals surface area contributed by atoms with Crippen LogP contribution in [0.15, 0.2) is 27.4 Å². The quantitative estimate of drug-likeness (QED) is 0.911. The summed E-state index contributed by atoms with van der Waals surface area (Å²) in [4.78, 5) is 14.8. The van der Waals surface area contributed by atoms with Gasteiger partial charge in [-0.2, -0.15) is 0 Å². The Morgan fingerprint density at radius 2 is 2.33 bits per heavy atom. The van der Waals surface area contributed by atoms with Crippen molar-refractivity contribution >= 4 is 33.0 Å². The minimum absolute atomic E-state index is 0.569. The van der Waals surface area contributed by atoms with Crippen LogP contribution in [0.5, 0.6) is 0 Å². The van der Waals surface area contributed by atoms with E-state index in [-0.39, 0.29) is 0 Å². The van der Waals surface area contributed by atoms with Crippen molar-refractivity contribution in [3.8, 4) is 0 Å². The van der Waals surface area contributed by atoms with Gasteiger partial charge in [-0.25, -0.2) is 4.98 Å². The Morgan fingerprint density at radius 1 is 1.60 bits per heavy atom. The van der Waals surface area contributed by atoms with Gasteiger partial charge in [0.15, 0.2) is 12.0 Å². The first-order valence-electron chi connectivity index (χ1n) is 4.35. The standard InChI is InChI=1S/C10H8BrNO3/c1-5(10(13)14)6-2-8-9(3-7(6)11)15-4-12-8/h2-5H,1H3,(H,13,14). The molecule has 1 aromatic carbocycles. The van der Waals surface area contributed by atoms with Gasteiger partial charge in [0, 0.05) is 4.47 Å². The van der Waals surface area contributed by atoms with Crippen LogP contribution < -0.4 is 0 Å². The fourth-order valence-corrected chi connectivity index (χ4v) is 2.03. The molecule has 0 saturated heterocycles. The largest absolute Gasteiger partial charge is 0.481 e. The summed E-state index contributed by atoms with van der Waals surface area (Å²) < 4.78 is 5.83. The summed E-state index contributed by atoms with van der Waals surface area (Å²) in [6, 6.07) is 3.46. The van der Waals surface area contributed by atoms with E-state index in [4.69, 9.17) is 9.52 Å². The van der Waals surface area contributed by atoms with Crippen LogP contribution in [-0.2, 0) is 4.79 Å². The predicted octanol–water partition coefficient (Wildman–Crippen LogP) is 2.78. The number of benzene rings is 1. The Morgan fingerprint density at radius 3 is 3.00 bits per heavy atom.